The van der Waals surface area contributed by atoms with Crippen LogP contribution in [0, 0.1) is 0 Å². The van der Waals surface area contributed by atoms with Crippen molar-refractivity contribution in [3.63, 3.8) is 0 Å². The molecule has 1 atom stereocenters. The number of carbonyl (C=O) groups excluding carboxylic acids is 2. The van der Waals surface area contributed by atoms with E-state index in [1.807, 2.05) is 6.92 Å². The molecule has 2 fully saturated rings. The molecule has 0 saturated carbocycles. The number of nitrogens with zero attached hydrogens (tertiary/aromatic N) is 2. The van der Waals surface area contributed by atoms with Gasteiger partial charge in [-0.1, -0.05) is 18.2 Å². The van der Waals surface area contributed by atoms with Crippen LogP contribution in [-0.2, 0) is 14.3 Å². The van der Waals surface area contributed by atoms with Crippen LogP contribution in [0.2, 0.25) is 0 Å². The molecule has 0 spiro atoms. The monoisotopic (exact) mass is 510 g/mol. The van der Waals surface area contributed by atoms with E-state index in [0.717, 1.165) is 19.6 Å². The lowest BCUT2D eigenvalue weighted by molar-refractivity contribution is -0.140. The van der Waals surface area contributed by atoms with Crippen molar-refractivity contribution in [2.75, 3.05) is 60.2 Å². The number of methoxy groups -OCH3 is 2. The van der Waals surface area contributed by atoms with Gasteiger partial charge in [0.05, 0.1) is 45.7 Å². The smallest absolute Gasteiger partial charge is 0.295 e. The summed E-state index contributed by atoms with van der Waals surface area (Å²) < 4.78 is 21.9. The lowest BCUT2D eigenvalue weighted by Crippen LogP contribution is -2.39. The Labute approximate surface area is 217 Å². The van der Waals surface area contributed by atoms with Crippen LogP contribution in [0.25, 0.3) is 5.76 Å². The van der Waals surface area contributed by atoms with Crippen LogP contribution in [0.5, 0.6) is 17.2 Å². The van der Waals surface area contributed by atoms with E-state index in [-0.39, 0.29) is 11.3 Å². The number of benzene rings is 2. The number of Topliss-reactive ketones (excluding diaryl/α,β-unsaturated/α-hetero) is 1. The average Bonchev–Trinajstić information content (AvgIpc) is 3.18. The Morgan fingerprint density at radius 2 is 1.81 bits per heavy atom. The van der Waals surface area contributed by atoms with E-state index in [9.17, 15) is 14.7 Å². The van der Waals surface area contributed by atoms with Gasteiger partial charge in [0.1, 0.15) is 11.5 Å². The first kappa shape index (κ1) is 26.5. The predicted molar refractivity (Wildman–Crippen MR) is 138 cm³/mol. The molecule has 4 rings (SSSR count). The summed E-state index contributed by atoms with van der Waals surface area (Å²) in [6, 6.07) is 11.3. The maximum Gasteiger partial charge on any atom is 0.295 e. The van der Waals surface area contributed by atoms with E-state index in [2.05, 4.69) is 4.90 Å². The van der Waals surface area contributed by atoms with Gasteiger partial charge in [-0.05, 0) is 43.2 Å². The molecule has 2 aliphatic rings. The second-order valence-electron chi connectivity index (χ2n) is 8.88. The Hall–Kier alpha value is -3.56. The van der Waals surface area contributed by atoms with E-state index < -0.39 is 17.7 Å². The lowest BCUT2D eigenvalue weighted by atomic mass is 9.95. The third kappa shape index (κ3) is 5.73. The predicted octanol–water partition coefficient (Wildman–Crippen LogP) is 3.25. The first-order valence-electron chi connectivity index (χ1n) is 12.5. The Balaban J connectivity index is 1.73. The van der Waals surface area contributed by atoms with Crippen LogP contribution >= 0.6 is 0 Å². The number of rotatable bonds is 10. The molecule has 0 bridgehead atoms. The van der Waals surface area contributed by atoms with E-state index in [1.165, 1.54) is 14.2 Å². The maximum atomic E-state index is 13.3. The zero-order valence-electron chi connectivity index (χ0n) is 21.6. The van der Waals surface area contributed by atoms with Crippen LogP contribution in [0.4, 0.5) is 0 Å². The zero-order valence-corrected chi connectivity index (χ0v) is 21.6. The van der Waals surface area contributed by atoms with Gasteiger partial charge in [0.15, 0.2) is 11.5 Å². The molecule has 1 N–H and O–H groups in total. The highest BCUT2D eigenvalue weighted by atomic mass is 16.5. The van der Waals surface area contributed by atoms with Crippen LogP contribution in [-0.4, -0.2) is 86.8 Å². The summed E-state index contributed by atoms with van der Waals surface area (Å²) in [7, 11) is 3.07. The molecule has 2 aromatic carbocycles. The van der Waals surface area contributed by atoms with Crippen LogP contribution < -0.4 is 14.2 Å². The van der Waals surface area contributed by atoms with Gasteiger partial charge in [-0.3, -0.25) is 14.5 Å². The van der Waals surface area contributed by atoms with E-state index in [0.29, 0.717) is 61.2 Å². The number of amides is 1. The van der Waals surface area contributed by atoms with Gasteiger partial charge >= 0.3 is 0 Å². The summed E-state index contributed by atoms with van der Waals surface area (Å²) in [6.07, 6.45) is 0.677. The number of carbonyl (C=O) groups is 2. The van der Waals surface area contributed by atoms with E-state index >= 15 is 0 Å². The molecule has 37 heavy (non-hydrogen) atoms. The number of aliphatic hydroxyl groups is 1. The van der Waals surface area contributed by atoms with Crippen molar-refractivity contribution in [3.8, 4) is 17.2 Å². The lowest BCUT2D eigenvalue weighted by Gasteiger charge is -2.29. The van der Waals surface area contributed by atoms with Gasteiger partial charge < -0.3 is 29.0 Å². The molecule has 198 valence electrons. The maximum absolute atomic E-state index is 13.3. The van der Waals surface area contributed by atoms with Crippen molar-refractivity contribution in [1.29, 1.82) is 0 Å². The number of aliphatic hydroxyl groups excluding tert-OH is 1. The quantitative estimate of drug-likeness (QED) is 0.296. The van der Waals surface area contributed by atoms with Crippen LogP contribution in [0.15, 0.2) is 48.0 Å². The number of hydrogen-bond acceptors (Lipinski definition) is 8. The molecule has 0 aliphatic carbocycles. The fourth-order valence-corrected chi connectivity index (χ4v) is 4.80. The summed E-state index contributed by atoms with van der Waals surface area (Å²) >= 11 is 0. The first-order valence-corrected chi connectivity index (χ1v) is 12.5. The largest absolute Gasteiger partial charge is 0.507 e. The van der Waals surface area contributed by atoms with Gasteiger partial charge in [0.25, 0.3) is 11.7 Å². The van der Waals surface area contributed by atoms with Gasteiger partial charge in [-0.2, -0.15) is 0 Å². The van der Waals surface area contributed by atoms with Crippen LogP contribution in [0.3, 0.4) is 0 Å². The molecule has 0 radical (unpaired) electrons. The number of ether oxygens (including phenoxy) is 4. The van der Waals surface area contributed by atoms with Crippen molar-refractivity contribution in [1.82, 2.24) is 9.80 Å². The van der Waals surface area contributed by atoms with Crippen molar-refractivity contribution >= 4 is 17.4 Å². The van der Waals surface area contributed by atoms with Gasteiger partial charge in [-0.15, -0.1) is 0 Å². The fourth-order valence-electron chi connectivity index (χ4n) is 4.80. The molecule has 1 amide bonds. The number of likely N-dealkylation sites (tertiary alicyclic amines) is 1. The minimum atomic E-state index is -0.777. The van der Waals surface area contributed by atoms with Crippen molar-refractivity contribution in [2.45, 2.75) is 19.4 Å². The normalized spacial score (nSPS) is 19.8. The molecule has 2 aliphatic heterocycles. The van der Waals surface area contributed by atoms with Gasteiger partial charge in [-0.25, -0.2) is 0 Å². The average molecular weight is 511 g/mol. The molecule has 1 unspecified atom stereocenters. The van der Waals surface area contributed by atoms with Crippen LogP contribution in [0.1, 0.15) is 30.5 Å². The molecular formula is C28H34N2O7. The third-order valence-corrected chi connectivity index (χ3v) is 6.66. The summed E-state index contributed by atoms with van der Waals surface area (Å²) in [5.41, 5.74) is 1.08. The SMILES string of the molecule is CCOc1ccc(C2/C(=C(\O)c3cccc(OC)c3)C(=O)C(=O)N2CCCN2CCOCC2)cc1OC. The number of morpholine rings is 1. The second-order valence-corrected chi connectivity index (χ2v) is 8.88. The Morgan fingerprint density at radius 3 is 2.51 bits per heavy atom. The highest BCUT2D eigenvalue weighted by Crippen LogP contribution is 2.42. The van der Waals surface area contributed by atoms with Crippen molar-refractivity contribution < 1.29 is 33.6 Å². The highest BCUT2D eigenvalue weighted by Gasteiger charge is 2.46. The van der Waals surface area contributed by atoms with E-state index in [1.54, 1.807) is 47.4 Å². The minimum Gasteiger partial charge on any atom is -0.507 e. The summed E-state index contributed by atoms with van der Waals surface area (Å²) in [5.74, 6) is -0.0203. The molecule has 0 aromatic heterocycles. The summed E-state index contributed by atoms with van der Waals surface area (Å²) in [4.78, 5) is 30.4. The van der Waals surface area contributed by atoms with Crippen molar-refractivity contribution in [3.05, 3.63) is 59.2 Å². The minimum absolute atomic E-state index is 0.0378. The molecule has 9 nitrogen and oxygen atoms in total. The zero-order chi connectivity index (χ0) is 26.4. The van der Waals surface area contributed by atoms with Crippen molar-refractivity contribution in [2.24, 2.45) is 0 Å². The number of ketones is 1. The first-order chi connectivity index (χ1) is 18.0. The summed E-state index contributed by atoms with van der Waals surface area (Å²) in [5, 5.41) is 11.3. The van der Waals surface area contributed by atoms with Gasteiger partial charge in [0.2, 0.25) is 0 Å². The van der Waals surface area contributed by atoms with Gasteiger partial charge in [0, 0.05) is 31.7 Å². The van der Waals surface area contributed by atoms with E-state index in [4.69, 9.17) is 18.9 Å². The summed E-state index contributed by atoms with van der Waals surface area (Å²) in [6.45, 7) is 6.55. The highest BCUT2D eigenvalue weighted by molar-refractivity contribution is 6.46. The Kier molecular flexibility index (Phi) is 8.68. The fraction of sp³-hybridized carbons (Fsp3) is 0.429. The topological polar surface area (TPSA) is 97.8 Å². The second kappa shape index (κ2) is 12.1. The number of hydrogen-bond donors (Lipinski definition) is 1. The molecule has 2 saturated heterocycles. The molecule has 9 heteroatoms. The Bertz CT molecular complexity index is 1160. The Morgan fingerprint density at radius 1 is 1.03 bits per heavy atom. The third-order valence-electron chi connectivity index (χ3n) is 6.66. The molecular weight excluding hydrogens is 476 g/mol. The molecule has 2 heterocycles. The molecule has 2 aromatic rings. The standard InChI is InChI=1S/C28H34N2O7/c1-4-37-22-10-9-19(18-23(22)35-3)25-24(26(31)20-7-5-8-21(17-20)34-2)27(32)28(33)30(25)12-6-11-29-13-15-36-16-14-29/h5,7-10,17-18,25,31H,4,6,11-16H2,1-3H3/b26-24+.